The molecule has 0 saturated carbocycles. The molecule has 9 heavy (non-hydrogen) atoms. The maximum atomic E-state index is 7.00. The molecule has 0 aliphatic rings. The fraction of sp³-hybridized carbons (Fsp3) is 0. The number of amidine groups is 1. The lowest BCUT2D eigenvalue weighted by molar-refractivity contribution is 1.45. The van der Waals surface area contributed by atoms with Crippen LogP contribution in [0.5, 0.6) is 0 Å². The van der Waals surface area contributed by atoms with Gasteiger partial charge in [-0.2, -0.15) is 0 Å². The van der Waals surface area contributed by atoms with Gasteiger partial charge in [0.15, 0.2) is 0 Å². The Bertz CT molecular complexity index is 231. The van der Waals surface area contributed by atoms with Crippen molar-refractivity contribution in [3.05, 3.63) is 21.3 Å². The summed E-state index contributed by atoms with van der Waals surface area (Å²) < 4.78 is 0. The predicted octanol–water partition coefficient (Wildman–Crippen LogP) is 1.69. The van der Waals surface area contributed by atoms with Gasteiger partial charge in [0.2, 0.25) is 0 Å². The zero-order valence-electron chi connectivity index (χ0n) is 4.52. The van der Waals surface area contributed by atoms with E-state index in [0.717, 1.165) is 0 Å². The molecule has 1 rings (SSSR count). The van der Waals surface area contributed by atoms with Gasteiger partial charge in [-0.1, -0.05) is 11.6 Å². The van der Waals surface area contributed by atoms with E-state index in [0.29, 0.717) is 9.90 Å². The van der Waals surface area contributed by atoms with Crippen LogP contribution in [0.1, 0.15) is 4.88 Å². The molecule has 1 aromatic heterocycles. The van der Waals surface area contributed by atoms with Crippen LogP contribution in [0.4, 0.5) is 0 Å². The summed E-state index contributed by atoms with van der Waals surface area (Å²) in [5.41, 5.74) is 5.17. The van der Waals surface area contributed by atoms with Gasteiger partial charge in [0.25, 0.3) is 0 Å². The molecule has 0 aliphatic heterocycles. The van der Waals surface area contributed by atoms with Crippen LogP contribution in [0.3, 0.4) is 0 Å². The van der Waals surface area contributed by atoms with Crippen LogP contribution in [-0.4, -0.2) is 5.84 Å². The van der Waals surface area contributed by atoms with E-state index in [-0.39, 0.29) is 5.84 Å². The summed E-state index contributed by atoms with van der Waals surface area (Å²) in [6.45, 7) is 0. The molecule has 0 radical (unpaired) electrons. The summed E-state index contributed by atoms with van der Waals surface area (Å²) in [6, 6.07) is 1.73. The number of nitrogens with one attached hydrogen (secondary N) is 1. The number of hydrogen-bond donors (Lipinski definition) is 2. The van der Waals surface area contributed by atoms with Crippen LogP contribution in [0.2, 0.25) is 5.02 Å². The van der Waals surface area contributed by atoms with Crippen LogP contribution in [-0.2, 0) is 0 Å². The average Bonchev–Trinajstić information content (AvgIpc) is 2.13. The van der Waals surface area contributed by atoms with Crippen LogP contribution < -0.4 is 5.73 Å². The summed E-state index contributed by atoms with van der Waals surface area (Å²) in [7, 11) is 0. The molecule has 0 fully saturated rings. The Kier molecular flexibility index (Phi) is 1.73. The fourth-order valence-corrected chi connectivity index (χ4v) is 1.51. The lowest BCUT2D eigenvalue weighted by Crippen LogP contribution is -2.08. The first-order valence-corrected chi connectivity index (χ1v) is 3.55. The Morgan fingerprint density at radius 2 is 2.44 bits per heavy atom. The van der Waals surface area contributed by atoms with Crippen LogP contribution in [0, 0.1) is 5.41 Å². The highest BCUT2D eigenvalue weighted by Gasteiger charge is 2.02. The van der Waals surface area contributed by atoms with Crippen LogP contribution in [0.25, 0.3) is 0 Å². The van der Waals surface area contributed by atoms with E-state index < -0.39 is 0 Å². The van der Waals surface area contributed by atoms with E-state index in [4.69, 9.17) is 22.7 Å². The SMILES string of the molecule is N=C(N)c1sccc1Cl. The second kappa shape index (κ2) is 2.37. The average molecular weight is 161 g/mol. The highest BCUT2D eigenvalue weighted by atomic mass is 35.5. The molecule has 2 nitrogen and oxygen atoms in total. The van der Waals surface area contributed by atoms with E-state index in [2.05, 4.69) is 0 Å². The Morgan fingerprint density at radius 1 is 1.78 bits per heavy atom. The lowest BCUT2D eigenvalue weighted by atomic mass is 10.4. The molecule has 1 aromatic rings. The molecule has 0 spiro atoms. The first kappa shape index (κ1) is 6.58. The Morgan fingerprint density at radius 3 is 2.67 bits per heavy atom. The van der Waals surface area contributed by atoms with Gasteiger partial charge in [-0.3, -0.25) is 5.41 Å². The molecular weight excluding hydrogens is 156 g/mol. The van der Waals surface area contributed by atoms with Crippen molar-refractivity contribution in [3.63, 3.8) is 0 Å². The third-order valence-electron chi connectivity index (χ3n) is 0.862. The third kappa shape index (κ3) is 1.23. The molecule has 0 bridgehead atoms. The number of hydrogen-bond acceptors (Lipinski definition) is 2. The number of halogens is 1. The zero-order valence-corrected chi connectivity index (χ0v) is 6.09. The van der Waals surface area contributed by atoms with Gasteiger partial charge in [0.05, 0.1) is 9.90 Å². The first-order valence-electron chi connectivity index (χ1n) is 2.29. The Hall–Kier alpha value is -0.540. The molecule has 4 heteroatoms. The second-order valence-corrected chi connectivity index (χ2v) is 2.83. The van der Waals surface area contributed by atoms with Crippen molar-refractivity contribution in [2.45, 2.75) is 0 Å². The maximum Gasteiger partial charge on any atom is 0.134 e. The van der Waals surface area contributed by atoms with Crippen molar-refractivity contribution in [2.75, 3.05) is 0 Å². The van der Waals surface area contributed by atoms with Gasteiger partial charge in [-0.05, 0) is 11.4 Å². The van der Waals surface area contributed by atoms with Gasteiger partial charge in [0, 0.05) is 0 Å². The standard InChI is InChI=1S/C5H5ClN2S/c6-3-1-2-9-4(3)5(7)8/h1-2H,(H3,7,8). The molecule has 3 N–H and O–H groups in total. The van der Waals surface area contributed by atoms with Crippen molar-refractivity contribution in [2.24, 2.45) is 5.73 Å². The molecule has 0 unspecified atom stereocenters. The molecule has 0 aliphatic carbocycles. The van der Waals surface area contributed by atoms with Crippen molar-refractivity contribution < 1.29 is 0 Å². The summed E-state index contributed by atoms with van der Waals surface area (Å²) in [5, 5.41) is 9.36. The van der Waals surface area contributed by atoms with Gasteiger partial charge in [-0.15, -0.1) is 11.3 Å². The first-order chi connectivity index (χ1) is 4.22. The smallest absolute Gasteiger partial charge is 0.134 e. The molecule has 0 amide bonds. The van der Waals surface area contributed by atoms with E-state index in [1.54, 1.807) is 11.4 Å². The minimum Gasteiger partial charge on any atom is -0.383 e. The Labute approximate surface area is 61.8 Å². The van der Waals surface area contributed by atoms with Crippen LogP contribution >= 0.6 is 22.9 Å². The zero-order chi connectivity index (χ0) is 6.85. The van der Waals surface area contributed by atoms with Gasteiger partial charge >= 0.3 is 0 Å². The number of thiophene rings is 1. The molecule has 0 saturated heterocycles. The topological polar surface area (TPSA) is 49.9 Å². The normalized spacial score (nSPS) is 9.44. The predicted molar refractivity (Wildman–Crippen MR) is 40.3 cm³/mol. The van der Waals surface area contributed by atoms with E-state index in [9.17, 15) is 0 Å². The molecule has 1 heterocycles. The molecule has 0 atom stereocenters. The monoisotopic (exact) mass is 160 g/mol. The second-order valence-electron chi connectivity index (χ2n) is 1.51. The van der Waals surface area contributed by atoms with E-state index >= 15 is 0 Å². The lowest BCUT2D eigenvalue weighted by Gasteiger charge is -1.89. The maximum absolute atomic E-state index is 7.00. The van der Waals surface area contributed by atoms with Crippen LogP contribution in [0.15, 0.2) is 11.4 Å². The third-order valence-corrected chi connectivity index (χ3v) is 2.24. The quantitative estimate of drug-likeness (QED) is 0.477. The fourth-order valence-electron chi connectivity index (χ4n) is 0.486. The number of rotatable bonds is 1. The van der Waals surface area contributed by atoms with E-state index in [1.807, 2.05) is 0 Å². The summed E-state index contributed by atoms with van der Waals surface area (Å²) in [5.74, 6) is 0.0370. The largest absolute Gasteiger partial charge is 0.383 e. The minimum atomic E-state index is 0.0370. The molecule has 48 valence electrons. The van der Waals surface area contributed by atoms with Crippen molar-refractivity contribution in [1.82, 2.24) is 0 Å². The van der Waals surface area contributed by atoms with Gasteiger partial charge in [-0.25, -0.2) is 0 Å². The summed E-state index contributed by atoms with van der Waals surface area (Å²) in [4.78, 5) is 0.650. The molecule has 0 aromatic carbocycles. The minimum absolute atomic E-state index is 0.0370. The summed E-state index contributed by atoms with van der Waals surface area (Å²) in [6.07, 6.45) is 0. The van der Waals surface area contributed by atoms with Crippen molar-refractivity contribution in [3.8, 4) is 0 Å². The molecular formula is C5H5ClN2S. The van der Waals surface area contributed by atoms with Gasteiger partial charge in [0.1, 0.15) is 5.84 Å². The highest BCUT2D eigenvalue weighted by Crippen LogP contribution is 2.20. The number of nitrogen functional groups attached to an aromatic ring is 1. The van der Waals surface area contributed by atoms with Gasteiger partial charge < -0.3 is 5.73 Å². The summed E-state index contributed by atoms with van der Waals surface area (Å²) >= 11 is 7.00. The van der Waals surface area contributed by atoms with Crippen molar-refractivity contribution in [1.29, 1.82) is 5.41 Å². The Balaban J connectivity index is 3.08. The number of nitrogens with two attached hydrogens (primary N) is 1. The van der Waals surface area contributed by atoms with E-state index in [1.165, 1.54) is 11.3 Å². The highest BCUT2D eigenvalue weighted by molar-refractivity contribution is 7.12. The van der Waals surface area contributed by atoms with Crippen molar-refractivity contribution >= 4 is 28.8 Å².